The van der Waals surface area contributed by atoms with Gasteiger partial charge in [0.1, 0.15) is 11.4 Å². The molecule has 1 aromatic rings. The van der Waals surface area contributed by atoms with Crippen LogP contribution < -0.4 is 10.2 Å². The Morgan fingerprint density at radius 1 is 1.43 bits per heavy atom. The van der Waals surface area contributed by atoms with Gasteiger partial charge < -0.3 is 15.0 Å². The maximum Gasteiger partial charge on any atom is 0.407 e. The minimum Gasteiger partial charge on any atom is -0.444 e. The first-order valence-electron chi connectivity index (χ1n) is 7.26. The van der Waals surface area contributed by atoms with E-state index in [0.717, 1.165) is 18.5 Å². The number of para-hydroxylation sites is 1. The number of nitrogens with zero attached hydrogens (tertiary/aromatic N) is 1. The van der Waals surface area contributed by atoms with Gasteiger partial charge in [-0.1, -0.05) is 12.1 Å². The van der Waals surface area contributed by atoms with Crippen LogP contribution in [0.15, 0.2) is 18.2 Å². The van der Waals surface area contributed by atoms with E-state index in [1.165, 1.54) is 6.07 Å². The standard InChI is InChI=1S/C16H23FN2O2/c1-11-6-5-7-13(17)14(11)19-9-8-12(10-19)18-15(20)21-16(2,3)4/h5-7,12H,8-10H2,1-4H3,(H,18,20)/t12-/m0/s1. The summed E-state index contributed by atoms with van der Waals surface area (Å²) in [6, 6.07) is 5.06. The lowest BCUT2D eigenvalue weighted by atomic mass is 10.2. The summed E-state index contributed by atoms with van der Waals surface area (Å²) < 4.78 is 19.2. The van der Waals surface area contributed by atoms with Gasteiger partial charge in [0, 0.05) is 13.1 Å². The van der Waals surface area contributed by atoms with Gasteiger partial charge in [0.25, 0.3) is 0 Å². The lowest BCUT2D eigenvalue weighted by molar-refractivity contribution is 0.0509. The molecule has 1 N–H and O–H groups in total. The Morgan fingerprint density at radius 2 is 2.14 bits per heavy atom. The number of benzene rings is 1. The first kappa shape index (κ1) is 15.6. The second-order valence-corrected chi connectivity index (χ2v) is 6.48. The molecule has 0 aliphatic carbocycles. The predicted molar refractivity (Wildman–Crippen MR) is 81.1 cm³/mol. The number of carbonyl (C=O) groups excluding carboxylic acids is 1. The molecule has 2 rings (SSSR count). The number of halogens is 1. The summed E-state index contributed by atoms with van der Waals surface area (Å²) in [5.41, 5.74) is 1.03. The highest BCUT2D eigenvalue weighted by molar-refractivity contribution is 5.68. The quantitative estimate of drug-likeness (QED) is 0.910. The molecule has 1 fully saturated rings. The number of rotatable bonds is 2. The van der Waals surface area contributed by atoms with Crippen LogP contribution in [0.2, 0.25) is 0 Å². The number of carbonyl (C=O) groups is 1. The van der Waals surface area contributed by atoms with Crippen LogP contribution in [0.4, 0.5) is 14.9 Å². The Balaban J connectivity index is 1.97. The number of hydrogen-bond donors (Lipinski definition) is 1. The smallest absolute Gasteiger partial charge is 0.407 e. The summed E-state index contributed by atoms with van der Waals surface area (Å²) in [5.74, 6) is -0.215. The van der Waals surface area contributed by atoms with Crippen LogP contribution >= 0.6 is 0 Å². The Labute approximate surface area is 125 Å². The molecule has 0 spiro atoms. The van der Waals surface area contributed by atoms with Crippen molar-refractivity contribution in [3.63, 3.8) is 0 Å². The van der Waals surface area contributed by atoms with E-state index in [4.69, 9.17) is 4.74 Å². The second kappa shape index (κ2) is 5.92. The van der Waals surface area contributed by atoms with E-state index in [9.17, 15) is 9.18 Å². The van der Waals surface area contributed by atoms with E-state index >= 15 is 0 Å². The number of amides is 1. The third kappa shape index (κ3) is 4.09. The summed E-state index contributed by atoms with van der Waals surface area (Å²) in [5, 5.41) is 2.85. The summed E-state index contributed by atoms with van der Waals surface area (Å²) in [7, 11) is 0. The van der Waals surface area contributed by atoms with Crippen molar-refractivity contribution in [3.05, 3.63) is 29.6 Å². The van der Waals surface area contributed by atoms with E-state index in [1.807, 2.05) is 38.7 Å². The van der Waals surface area contributed by atoms with Crippen molar-refractivity contribution in [2.24, 2.45) is 0 Å². The molecular weight excluding hydrogens is 271 g/mol. The molecule has 1 saturated heterocycles. The Morgan fingerprint density at radius 3 is 2.76 bits per heavy atom. The van der Waals surface area contributed by atoms with E-state index in [0.29, 0.717) is 12.2 Å². The van der Waals surface area contributed by atoms with E-state index in [2.05, 4.69) is 5.32 Å². The molecule has 0 aromatic heterocycles. The van der Waals surface area contributed by atoms with E-state index in [1.54, 1.807) is 6.07 Å². The molecule has 0 saturated carbocycles. The number of aryl methyl sites for hydroxylation is 1. The molecule has 0 bridgehead atoms. The minimum absolute atomic E-state index is 0.0149. The molecule has 1 amide bonds. The zero-order valence-electron chi connectivity index (χ0n) is 13.1. The molecule has 1 aromatic carbocycles. The van der Waals surface area contributed by atoms with Crippen molar-refractivity contribution in [1.29, 1.82) is 0 Å². The fourth-order valence-corrected chi connectivity index (χ4v) is 2.58. The van der Waals surface area contributed by atoms with Gasteiger partial charge >= 0.3 is 6.09 Å². The molecule has 0 unspecified atom stereocenters. The summed E-state index contributed by atoms with van der Waals surface area (Å²) >= 11 is 0. The number of ether oxygens (including phenoxy) is 1. The van der Waals surface area contributed by atoms with Crippen molar-refractivity contribution in [3.8, 4) is 0 Å². The van der Waals surface area contributed by atoms with E-state index in [-0.39, 0.29) is 11.9 Å². The van der Waals surface area contributed by atoms with Crippen molar-refractivity contribution < 1.29 is 13.9 Å². The lowest BCUT2D eigenvalue weighted by Crippen LogP contribution is -2.40. The summed E-state index contributed by atoms with van der Waals surface area (Å²) in [4.78, 5) is 13.7. The maximum atomic E-state index is 14.0. The third-order valence-electron chi connectivity index (χ3n) is 3.41. The maximum absolute atomic E-state index is 14.0. The molecule has 4 nitrogen and oxygen atoms in total. The summed E-state index contributed by atoms with van der Waals surface area (Å²) in [6.07, 6.45) is 0.368. The van der Waals surface area contributed by atoms with Gasteiger partial charge in [-0.05, 0) is 45.7 Å². The minimum atomic E-state index is -0.509. The third-order valence-corrected chi connectivity index (χ3v) is 3.41. The molecule has 1 atom stereocenters. The first-order valence-corrected chi connectivity index (χ1v) is 7.26. The largest absolute Gasteiger partial charge is 0.444 e. The van der Waals surface area contributed by atoms with Gasteiger partial charge in [-0.25, -0.2) is 9.18 Å². The Hall–Kier alpha value is -1.78. The highest BCUT2D eigenvalue weighted by Crippen LogP contribution is 2.27. The highest BCUT2D eigenvalue weighted by Gasteiger charge is 2.28. The first-order chi connectivity index (χ1) is 9.76. The van der Waals surface area contributed by atoms with Crippen LogP contribution in [0.25, 0.3) is 0 Å². The highest BCUT2D eigenvalue weighted by atomic mass is 19.1. The molecule has 116 valence electrons. The zero-order chi connectivity index (χ0) is 15.6. The Bertz CT molecular complexity index is 505. The van der Waals surface area contributed by atoms with Crippen molar-refractivity contribution in [1.82, 2.24) is 5.32 Å². The molecule has 21 heavy (non-hydrogen) atoms. The SMILES string of the molecule is Cc1cccc(F)c1N1CC[C@H](NC(=O)OC(C)(C)C)C1. The average Bonchev–Trinajstić information content (AvgIpc) is 2.74. The topological polar surface area (TPSA) is 41.6 Å². The fraction of sp³-hybridized carbons (Fsp3) is 0.562. The van der Waals surface area contributed by atoms with E-state index < -0.39 is 11.7 Å². The monoisotopic (exact) mass is 294 g/mol. The van der Waals surface area contributed by atoms with Crippen LogP contribution in [0.5, 0.6) is 0 Å². The molecular formula is C16H23FN2O2. The van der Waals surface area contributed by atoms with Gasteiger partial charge in [-0.2, -0.15) is 0 Å². The van der Waals surface area contributed by atoms with Crippen LogP contribution in [0.3, 0.4) is 0 Å². The number of nitrogens with one attached hydrogen (secondary N) is 1. The van der Waals surface area contributed by atoms with Crippen molar-refractivity contribution >= 4 is 11.8 Å². The molecule has 5 heteroatoms. The molecule has 1 aliphatic rings. The van der Waals surface area contributed by atoms with Crippen LogP contribution in [-0.2, 0) is 4.74 Å². The summed E-state index contributed by atoms with van der Waals surface area (Å²) in [6.45, 7) is 8.71. The van der Waals surface area contributed by atoms with Crippen LogP contribution in [0.1, 0.15) is 32.8 Å². The molecule has 1 heterocycles. The predicted octanol–water partition coefficient (Wildman–Crippen LogP) is 3.24. The van der Waals surface area contributed by atoms with Gasteiger partial charge in [-0.15, -0.1) is 0 Å². The van der Waals surface area contributed by atoms with Crippen molar-refractivity contribution in [2.45, 2.75) is 45.8 Å². The van der Waals surface area contributed by atoms with Gasteiger partial charge in [-0.3, -0.25) is 0 Å². The Kier molecular flexibility index (Phi) is 4.40. The number of anilines is 1. The van der Waals surface area contributed by atoms with Crippen LogP contribution in [0, 0.1) is 12.7 Å². The number of alkyl carbamates (subject to hydrolysis) is 1. The van der Waals surface area contributed by atoms with Crippen LogP contribution in [-0.4, -0.2) is 30.8 Å². The zero-order valence-corrected chi connectivity index (χ0v) is 13.1. The van der Waals surface area contributed by atoms with Gasteiger partial charge in [0.05, 0.1) is 11.7 Å². The normalized spacial score (nSPS) is 18.7. The number of hydrogen-bond acceptors (Lipinski definition) is 3. The molecule has 1 aliphatic heterocycles. The van der Waals surface area contributed by atoms with Gasteiger partial charge in [0.2, 0.25) is 0 Å². The van der Waals surface area contributed by atoms with Gasteiger partial charge in [0.15, 0.2) is 0 Å². The molecule has 0 radical (unpaired) electrons. The van der Waals surface area contributed by atoms with Crippen molar-refractivity contribution in [2.75, 3.05) is 18.0 Å². The lowest BCUT2D eigenvalue weighted by Gasteiger charge is -2.23. The fourth-order valence-electron chi connectivity index (χ4n) is 2.58. The second-order valence-electron chi connectivity index (χ2n) is 6.48. The average molecular weight is 294 g/mol.